The van der Waals surface area contributed by atoms with E-state index in [1.807, 2.05) is 6.92 Å². The summed E-state index contributed by atoms with van der Waals surface area (Å²) in [7, 11) is 0. The molecule has 0 amide bonds. The second-order valence-corrected chi connectivity index (χ2v) is 4.32. The molecule has 6 nitrogen and oxygen atoms in total. The summed E-state index contributed by atoms with van der Waals surface area (Å²) >= 11 is 0. The summed E-state index contributed by atoms with van der Waals surface area (Å²) in [4.78, 5) is 26.1. The molecule has 0 aliphatic heterocycles. The van der Waals surface area contributed by atoms with Crippen LogP contribution in [-0.4, -0.2) is 22.3 Å². The number of non-ortho nitro benzene ring substituents is 1. The highest BCUT2D eigenvalue weighted by molar-refractivity contribution is 5.92. The molecule has 0 unspecified atom stereocenters. The topological polar surface area (TPSA) is 82.3 Å². The Bertz CT molecular complexity index is 655. The molecule has 2 aromatic rings. The Morgan fingerprint density at radius 3 is 2.90 bits per heavy atom. The number of ether oxygens (including phenoxy) is 1. The molecular weight excluding hydrogens is 260 g/mol. The lowest BCUT2D eigenvalue weighted by Gasteiger charge is -2.08. The molecule has 0 atom stereocenters. The average molecular weight is 274 g/mol. The molecular formula is C14H14N2O4. The van der Waals surface area contributed by atoms with E-state index in [4.69, 9.17) is 4.74 Å². The maximum absolute atomic E-state index is 11.5. The third-order valence-electron chi connectivity index (χ3n) is 2.82. The van der Waals surface area contributed by atoms with E-state index in [1.165, 1.54) is 18.3 Å². The number of ketones is 1. The lowest BCUT2D eigenvalue weighted by Crippen LogP contribution is -2.11. The van der Waals surface area contributed by atoms with Crippen molar-refractivity contribution in [3.05, 3.63) is 40.6 Å². The van der Waals surface area contributed by atoms with Gasteiger partial charge in [0.15, 0.2) is 5.78 Å². The molecule has 0 aliphatic carbocycles. The van der Waals surface area contributed by atoms with Crippen LogP contribution in [0.1, 0.15) is 19.8 Å². The van der Waals surface area contributed by atoms with Crippen molar-refractivity contribution in [2.24, 2.45) is 0 Å². The van der Waals surface area contributed by atoms with Gasteiger partial charge in [-0.2, -0.15) is 0 Å². The summed E-state index contributed by atoms with van der Waals surface area (Å²) in [6.45, 7) is 1.87. The summed E-state index contributed by atoms with van der Waals surface area (Å²) in [6, 6.07) is 6.08. The van der Waals surface area contributed by atoms with E-state index in [0.717, 1.165) is 6.42 Å². The van der Waals surface area contributed by atoms with Crippen molar-refractivity contribution in [3.63, 3.8) is 0 Å². The van der Waals surface area contributed by atoms with Gasteiger partial charge >= 0.3 is 0 Å². The molecule has 0 fully saturated rings. The fourth-order valence-corrected chi connectivity index (χ4v) is 1.92. The van der Waals surface area contributed by atoms with Gasteiger partial charge < -0.3 is 4.74 Å². The van der Waals surface area contributed by atoms with Crippen molar-refractivity contribution in [1.82, 2.24) is 4.98 Å². The molecule has 1 aromatic carbocycles. The number of nitro groups is 1. The molecule has 0 saturated carbocycles. The van der Waals surface area contributed by atoms with Gasteiger partial charge in [-0.05, 0) is 24.6 Å². The standard InChI is InChI=1S/C14H14N2O4/c1-2-4-10(17)9-20-13-7-6-12(16(18)19)11-5-3-8-15-14(11)13/h3,5-8H,2,4,9H2,1H3. The smallest absolute Gasteiger partial charge is 0.279 e. The van der Waals surface area contributed by atoms with E-state index in [9.17, 15) is 14.9 Å². The summed E-state index contributed by atoms with van der Waals surface area (Å²) in [5.74, 6) is 0.380. The minimum atomic E-state index is -0.462. The highest BCUT2D eigenvalue weighted by Crippen LogP contribution is 2.31. The van der Waals surface area contributed by atoms with Gasteiger partial charge in [0.25, 0.3) is 5.69 Å². The second-order valence-electron chi connectivity index (χ2n) is 4.32. The number of aromatic nitrogens is 1. The first-order chi connectivity index (χ1) is 9.63. The van der Waals surface area contributed by atoms with Gasteiger partial charge in [0.2, 0.25) is 0 Å². The molecule has 0 aliphatic rings. The van der Waals surface area contributed by atoms with E-state index in [0.29, 0.717) is 23.1 Å². The summed E-state index contributed by atoms with van der Waals surface area (Å²) in [5.41, 5.74) is 0.367. The summed E-state index contributed by atoms with van der Waals surface area (Å²) < 4.78 is 5.43. The van der Waals surface area contributed by atoms with Crippen molar-refractivity contribution < 1.29 is 14.5 Å². The number of carbonyl (C=O) groups is 1. The van der Waals surface area contributed by atoms with Crippen LogP contribution in [0.4, 0.5) is 5.69 Å². The Morgan fingerprint density at radius 1 is 1.40 bits per heavy atom. The molecule has 0 bridgehead atoms. The van der Waals surface area contributed by atoms with Gasteiger partial charge in [-0.1, -0.05) is 6.92 Å². The zero-order chi connectivity index (χ0) is 14.5. The van der Waals surface area contributed by atoms with Gasteiger partial charge in [0, 0.05) is 18.7 Å². The molecule has 20 heavy (non-hydrogen) atoms. The SMILES string of the molecule is CCCC(=O)COc1ccc([N+](=O)[O-])c2cccnc12. The molecule has 0 N–H and O–H groups in total. The summed E-state index contributed by atoms with van der Waals surface area (Å²) in [5, 5.41) is 11.4. The summed E-state index contributed by atoms with van der Waals surface area (Å²) in [6.07, 6.45) is 2.76. The lowest BCUT2D eigenvalue weighted by molar-refractivity contribution is -0.383. The van der Waals surface area contributed by atoms with Crippen molar-refractivity contribution in [3.8, 4) is 5.75 Å². The number of carbonyl (C=O) groups excluding carboxylic acids is 1. The van der Waals surface area contributed by atoms with E-state index in [1.54, 1.807) is 12.1 Å². The van der Waals surface area contributed by atoms with Crippen LogP contribution in [0.2, 0.25) is 0 Å². The number of hydrogen-bond acceptors (Lipinski definition) is 5. The van der Waals surface area contributed by atoms with Crippen molar-refractivity contribution in [2.45, 2.75) is 19.8 Å². The fourth-order valence-electron chi connectivity index (χ4n) is 1.92. The first-order valence-corrected chi connectivity index (χ1v) is 6.30. The predicted octanol–water partition coefficient (Wildman–Crippen LogP) is 2.89. The van der Waals surface area contributed by atoms with E-state index in [-0.39, 0.29) is 18.1 Å². The van der Waals surface area contributed by atoms with Crippen LogP contribution in [0.5, 0.6) is 5.75 Å². The van der Waals surface area contributed by atoms with Crippen LogP contribution in [-0.2, 0) is 4.79 Å². The number of rotatable bonds is 6. The first kappa shape index (κ1) is 13.9. The Labute approximate surface area is 115 Å². The van der Waals surface area contributed by atoms with Gasteiger partial charge in [-0.3, -0.25) is 19.9 Å². The highest BCUT2D eigenvalue weighted by atomic mass is 16.6. The molecule has 6 heteroatoms. The number of benzene rings is 1. The Kier molecular flexibility index (Phi) is 4.24. The number of fused-ring (bicyclic) bond motifs is 1. The number of nitro benzene ring substituents is 1. The number of hydrogen-bond donors (Lipinski definition) is 0. The first-order valence-electron chi connectivity index (χ1n) is 6.30. The fraction of sp³-hybridized carbons (Fsp3) is 0.286. The van der Waals surface area contributed by atoms with E-state index >= 15 is 0 Å². The monoisotopic (exact) mass is 274 g/mol. The zero-order valence-corrected chi connectivity index (χ0v) is 11.0. The molecule has 1 aromatic heterocycles. The van der Waals surface area contributed by atoms with Gasteiger partial charge in [-0.15, -0.1) is 0 Å². The van der Waals surface area contributed by atoms with Gasteiger partial charge in [0.05, 0.1) is 10.3 Å². The lowest BCUT2D eigenvalue weighted by atomic mass is 10.1. The van der Waals surface area contributed by atoms with Gasteiger partial charge in [0.1, 0.15) is 17.9 Å². The molecule has 0 saturated heterocycles. The number of Topliss-reactive ketones (excluding diaryl/α,β-unsaturated/α-hetero) is 1. The van der Waals surface area contributed by atoms with Crippen molar-refractivity contribution in [2.75, 3.05) is 6.61 Å². The van der Waals surface area contributed by atoms with Crippen molar-refractivity contribution >= 4 is 22.4 Å². The zero-order valence-electron chi connectivity index (χ0n) is 11.0. The molecule has 2 rings (SSSR count). The van der Waals surface area contributed by atoms with Crippen LogP contribution in [0, 0.1) is 10.1 Å². The highest BCUT2D eigenvalue weighted by Gasteiger charge is 2.16. The second kappa shape index (κ2) is 6.10. The number of pyridine rings is 1. The third kappa shape index (κ3) is 2.90. The van der Waals surface area contributed by atoms with Crippen LogP contribution >= 0.6 is 0 Å². The molecule has 0 radical (unpaired) electrons. The Balaban J connectivity index is 2.33. The van der Waals surface area contributed by atoms with Crippen LogP contribution in [0.3, 0.4) is 0 Å². The Morgan fingerprint density at radius 2 is 2.20 bits per heavy atom. The minimum Gasteiger partial charge on any atom is -0.484 e. The predicted molar refractivity (Wildman–Crippen MR) is 73.8 cm³/mol. The maximum Gasteiger partial charge on any atom is 0.279 e. The number of nitrogens with zero attached hydrogens (tertiary/aromatic N) is 2. The average Bonchev–Trinajstić information content (AvgIpc) is 2.44. The maximum atomic E-state index is 11.5. The largest absolute Gasteiger partial charge is 0.484 e. The third-order valence-corrected chi connectivity index (χ3v) is 2.82. The van der Waals surface area contributed by atoms with Gasteiger partial charge in [-0.25, -0.2) is 0 Å². The van der Waals surface area contributed by atoms with Crippen LogP contribution in [0.25, 0.3) is 10.9 Å². The Hall–Kier alpha value is -2.50. The molecule has 0 spiro atoms. The molecule has 104 valence electrons. The molecule has 1 heterocycles. The van der Waals surface area contributed by atoms with Crippen LogP contribution < -0.4 is 4.74 Å². The van der Waals surface area contributed by atoms with Crippen molar-refractivity contribution in [1.29, 1.82) is 0 Å². The van der Waals surface area contributed by atoms with Crippen LogP contribution in [0.15, 0.2) is 30.5 Å². The normalized spacial score (nSPS) is 10.4. The minimum absolute atomic E-state index is 0.00469. The van der Waals surface area contributed by atoms with E-state index in [2.05, 4.69) is 4.98 Å². The van der Waals surface area contributed by atoms with E-state index < -0.39 is 4.92 Å². The quantitative estimate of drug-likeness (QED) is 0.597.